The van der Waals surface area contributed by atoms with Gasteiger partial charge in [0.1, 0.15) is 5.82 Å². The molecule has 0 aliphatic rings. The van der Waals surface area contributed by atoms with E-state index in [4.69, 9.17) is 17.3 Å². The Hall–Kier alpha value is -1.73. The molecule has 1 aromatic rings. The highest BCUT2D eigenvalue weighted by Crippen LogP contribution is 2.01. The molecule has 0 aliphatic heterocycles. The summed E-state index contributed by atoms with van der Waals surface area (Å²) < 4.78 is 12.6. The Morgan fingerprint density at radius 1 is 1.41 bits per heavy atom. The number of nitrogens with one attached hydrogen (secondary N) is 2. The predicted octanol–water partition coefficient (Wildman–Crippen LogP) is 0.806. The van der Waals surface area contributed by atoms with E-state index in [1.54, 1.807) is 12.1 Å². The van der Waals surface area contributed by atoms with Gasteiger partial charge in [-0.1, -0.05) is 12.1 Å². The van der Waals surface area contributed by atoms with Gasteiger partial charge in [-0.25, -0.2) is 14.7 Å². The maximum atomic E-state index is 12.6. The summed E-state index contributed by atoms with van der Waals surface area (Å²) in [6.45, 7) is -0.0963. The molecule has 0 atom stereocenters. The number of carbonyl (C=O) groups is 1. The smallest absolute Gasteiger partial charge is 0.332 e. The van der Waals surface area contributed by atoms with E-state index >= 15 is 0 Å². The molecular formula is C10H11FN2O3S. The Balaban J connectivity index is 2.23. The summed E-state index contributed by atoms with van der Waals surface area (Å²) in [5.74, 6) is -1.40. The molecule has 1 aromatic carbocycles. The van der Waals surface area contributed by atoms with Crippen molar-refractivity contribution in [3.63, 3.8) is 0 Å². The Morgan fingerprint density at radius 2 is 2.06 bits per heavy atom. The van der Waals surface area contributed by atoms with Gasteiger partial charge in [0.25, 0.3) is 0 Å². The Bertz CT molecular complexity index is 397. The van der Waals surface area contributed by atoms with E-state index < -0.39 is 12.6 Å². The summed E-state index contributed by atoms with van der Waals surface area (Å²) >= 11 is 4.82. The number of rotatable bonds is 5. The highest BCUT2D eigenvalue weighted by molar-refractivity contribution is 7.80. The Kier molecular flexibility index (Phi) is 5.31. The lowest BCUT2D eigenvalue weighted by molar-refractivity contribution is -0.143. The number of carboxylic acid groups (broad SMARTS) is 1. The van der Waals surface area contributed by atoms with E-state index in [0.29, 0.717) is 6.54 Å². The molecular weight excluding hydrogens is 247 g/mol. The second-order valence-electron chi connectivity index (χ2n) is 3.09. The van der Waals surface area contributed by atoms with E-state index in [2.05, 4.69) is 15.6 Å². The average molecular weight is 258 g/mol. The number of hydroxylamine groups is 1. The second-order valence-corrected chi connectivity index (χ2v) is 3.50. The van der Waals surface area contributed by atoms with Crippen molar-refractivity contribution in [3.05, 3.63) is 35.6 Å². The van der Waals surface area contributed by atoms with E-state index in [1.165, 1.54) is 12.1 Å². The molecule has 0 radical (unpaired) electrons. The maximum absolute atomic E-state index is 12.6. The first kappa shape index (κ1) is 13.3. The third kappa shape index (κ3) is 5.79. The minimum Gasteiger partial charge on any atom is -0.479 e. The van der Waals surface area contributed by atoms with Crippen LogP contribution in [0, 0.1) is 5.82 Å². The number of aliphatic carboxylic acids is 1. The van der Waals surface area contributed by atoms with Crippen LogP contribution in [0.2, 0.25) is 0 Å². The van der Waals surface area contributed by atoms with Gasteiger partial charge in [-0.3, -0.25) is 4.84 Å². The third-order valence-corrected chi connectivity index (χ3v) is 1.95. The van der Waals surface area contributed by atoms with Crippen molar-refractivity contribution in [2.24, 2.45) is 0 Å². The number of hydrogen-bond acceptors (Lipinski definition) is 3. The van der Waals surface area contributed by atoms with Crippen LogP contribution >= 0.6 is 12.2 Å². The summed E-state index contributed by atoms with van der Waals surface area (Å²) in [6.07, 6.45) is 0. The van der Waals surface area contributed by atoms with E-state index in [-0.39, 0.29) is 10.9 Å². The van der Waals surface area contributed by atoms with Gasteiger partial charge in [-0.15, -0.1) is 0 Å². The molecule has 0 amide bonds. The second kappa shape index (κ2) is 6.77. The molecule has 5 nitrogen and oxygen atoms in total. The fraction of sp³-hybridized carbons (Fsp3) is 0.200. The van der Waals surface area contributed by atoms with Crippen molar-refractivity contribution in [2.45, 2.75) is 6.54 Å². The molecule has 1 rings (SSSR count). The molecule has 0 aliphatic carbocycles. The molecule has 17 heavy (non-hydrogen) atoms. The maximum Gasteiger partial charge on any atom is 0.332 e. The number of benzene rings is 1. The highest BCUT2D eigenvalue weighted by atomic mass is 32.1. The molecule has 0 saturated heterocycles. The van der Waals surface area contributed by atoms with Crippen LogP contribution in [0.3, 0.4) is 0 Å². The van der Waals surface area contributed by atoms with Crippen LogP contribution in [-0.4, -0.2) is 22.8 Å². The molecule has 0 spiro atoms. The SMILES string of the molecule is O=C(O)CONC(=S)NCc1ccc(F)cc1. The molecule has 3 N–H and O–H groups in total. The van der Waals surface area contributed by atoms with Gasteiger partial charge >= 0.3 is 5.97 Å². The molecule has 92 valence electrons. The molecule has 0 saturated carbocycles. The van der Waals surface area contributed by atoms with E-state index in [0.717, 1.165) is 5.56 Å². The standard InChI is InChI=1S/C10H11FN2O3S/c11-8-3-1-7(2-4-8)5-12-10(17)13-16-6-9(14)15/h1-4H,5-6H2,(H,14,15)(H2,12,13,17). The largest absolute Gasteiger partial charge is 0.479 e. The molecule has 0 bridgehead atoms. The van der Waals surface area contributed by atoms with Crippen molar-refractivity contribution in [1.82, 2.24) is 10.8 Å². The first-order chi connectivity index (χ1) is 8.08. The van der Waals surface area contributed by atoms with Gasteiger partial charge in [-0.05, 0) is 29.9 Å². The number of hydrogen-bond donors (Lipinski definition) is 3. The fourth-order valence-corrected chi connectivity index (χ4v) is 1.12. The van der Waals surface area contributed by atoms with Crippen LogP contribution in [0.15, 0.2) is 24.3 Å². The summed E-state index contributed by atoms with van der Waals surface area (Å²) in [6, 6.07) is 5.91. The zero-order valence-corrected chi connectivity index (χ0v) is 9.59. The first-order valence-corrected chi connectivity index (χ1v) is 5.10. The summed E-state index contributed by atoms with van der Waals surface area (Å²) in [5.41, 5.74) is 3.10. The summed E-state index contributed by atoms with van der Waals surface area (Å²) in [7, 11) is 0. The zero-order valence-electron chi connectivity index (χ0n) is 8.77. The molecule has 7 heteroatoms. The lowest BCUT2D eigenvalue weighted by Crippen LogP contribution is -2.35. The van der Waals surface area contributed by atoms with E-state index in [9.17, 15) is 9.18 Å². The van der Waals surface area contributed by atoms with Crippen LogP contribution in [0.4, 0.5) is 4.39 Å². The number of thiocarbonyl (C=S) groups is 1. The molecule has 0 heterocycles. The fourth-order valence-electron chi connectivity index (χ4n) is 0.984. The predicted molar refractivity (Wildman–Crippen MR) is 62.6 cm³/mol. The van der Waals surface area contributed by atoms with Gasteiger partial charge in [0, 0.05) is 6.54 Å². The van der Waals surface area contributed by atoms with Gasteiger partial charge in [0.15, 0.2) is 11.7 Å². The topological polar surface area (TPSA) is 70.6 Å². The van der Waals surface area contributed by atoms with Crippen molar-refractivity contribution < 1.29 is 19.1 Å². The minimum absolute atomic E-state index is 0.163. The lowest BCUT2D eigenvalue weighted by Gasteiger charge is -2.09. The number of halogens is 1. The first-order valence-electron chi connectivity index (χ1n) is 4.70. The molecule has 0 fully saturated rings. The Labute approximate surface area is 103 Å². The van der Waals surface area contributed by atoms with Crippen LogP contribution in [0.5, 0.6) is 0 Å². The summed E-state index contributed by atoms with van der Waals surface area (Å²) in [5, 5.41) is 11.2. The van der Waals surface area contributed by atoms with Crippen molar-refractivity contribution >= 4 is 23.3 Å². The minimum atomic E-state index is -1.10. The molecule has 0 aromatic heterocycles. The van der Waals surface area contributed by atoms with Gasteiger partial charge in [0.05, 0.1) is 0 Å². The monoisotopic (exact) mass is 258 g/mol. The average Bonchev–Trinajstić information content (AvgIpc) is 2.28. The number of carboxylic acids is 1. The Morgan fingerprint density at radius 3 is 2.65 bits per heavy atom. The zero-order chi connectivity index (χ0) is 12.7. The lowest BCUT2D eigenvalue weighted by atomic mass is 10.2. The molecule has 0 unspecified atom stereocenters. The van der Waals surface area contributed by atoms with Crippen LogP contribution < -0.4 is 10.8 Å². The van der Waals surface area contributed by atoms with E-state index in [1.807, 2.05) is 0 Å². The van der Waals surface area contributed by atoms with Crippen molar-refractivity contribution in [3.8, 4) is 0 Å². The van der Waals surface area contributed by atoms with Gasteiger partial charge in [-0.2, -0.15) is 0 Å². The summed E-state index contributed by atoms with van der Waals surface area (Å²) in [4.78, 5) is 14.7. The third-order valence-electron chi connectivity index (χ3n) is 1.73. The normalized spacial score (nSPS) is 9.71. The van der Waals surface area contributed by atoms with Gasteiger partial charge in [0.2, 0.25) is 0 Å². The van der Waals surface area contributed by atoms with Crippen LogP contribution in [0.25, 0.3) is 0 Å². The highest BCUT2D eigenvalue weighted by Gasteiger charge is 1.99. The van der Waals surface area contributed by atoms with Crippen molar-refractivity contribution in [2.75, 3.05) is 6.61 Å². The quantitative estimate of drug-likeness (QED) is 0.536. The van der Waals surface area contributed by atoms with Gasteiger partial charge < -0.3 is 10.4 Å². The van der Waals surface area contributed by atoms with Crippen LogP contribution in [-0.2, 0) is 16.2 Å². The van der Waals surface area contributed by atoms with Crippen molar-refractivity contribution in [1.29, 1.82) is 0 Å². The van der Waals surface area contributed by atoms with Crippen LogP contribution in [0.1, 0.15) is 5.56 Å².